The van der Waals surface area contributed by atoms with Gasteiger partial charge in [-0.05, 0) is 22.5 Å². The Morgan fingerprint density at radius 3 is 2.21 bits per heavy atom. The molecule has 3 N–H and O–H groups in total. The number of benzene rings is 1. The fourth-order valence-corrected chi connectivity index (χ4v) is 1.57. The van der Waals surface area contributed by atoms with Gasteiger partial charge in [0, 0.05) is 13.1 Å². The number of carbonyl (C=O) groups is 1. The fourth-order valence-electron chi connectivity index (χ4n) is 1.57. The van der Waals surface area contributed by atoms with Crippen molar-refractivity contribution in [3.63, 3.8) is 0 Å². The Hall–Kier alpha value is -1.35. The number of hydrogen-bond donors (Lipinski definition) is 2. The van der Waals surface area contributed by atoms with E-state index in [0.29, 0.717) is 25.4 Å². The van der Waals surface area contributed by atoms with Crippen molar-refractivity contribution in [2.24, 2.45) is 17.1 Å². The molecule has 3 heteroatoms. The van der Waals surface area contributed by atoms with E-state index < -0.39 is 0 Å². The van der Waals surface area contributed by atoms with E-state index in [1.807, 2.05) is 24.3 Å². The Kier molecular flexibility index (Phi) is 5.55. The van der Waals surface area contributed by atoms with Gasteiger partial charge in [0.05, 0.1) is 6.42 Å². The van der Waals surface area contributed by atoms with Crippen LogP contribution in [0.5, 0.6) is 0 Å². The molecule has 0 aromatic heterocycles. The summed E-state index contributed by atoms with van der Waals surface area (Å²) >= 11 is 0. The molecule has 0 saturated heterocycles. The zero-order valence-electron chi connectivity index (χ0n) is 12.5. The predicted octanol–water partition coefficient (Wildman–Crippen LogP) is 2.49. The minimum Gasteiger partial charge on any atom is -0.355 e. The first-order valence-electron chi connectivity index (χ1n) is 6.89. The molecule has 1 aromatic rings. The number of nitrogens with two attached hydrogens (primary N) is 1. The van der Waals surface area contributed by atoms with Gasteiger partial charge in [-0.25, -0.2) is 0 Å². The van der Waals surface area contributed by atoms with Crippen LogP contribution in [-0.2, 0) is 17.8 Å². The Morgan fingerprint density at radius 2 is 1.74 bits per heavy atom. The van der Waals surface area contributed by atoms with Crippen LogP contribution in [0, 0.1) is 11.3 Å². The molecule has 19 heavy (non-hydrogen) atoms. The summed E-state index contributed by atoms with van der Waals surface area (Å²) in [6.07, 6.45) is 0.430. The van der Waals surface area contributed by atoms with E-state index in [-0.39, 0.29) is 11.3 Å². The zero-order chi connectivity index (χ0) is 14.5. The molecule has 0 heterocycles. The highest BCUT2D eigenvalue weighted by Gasteiger charge is 2.22. The second kappa shape index (κ2) is 6.71. The van der Waals surface area contributed by atoms with Gasteiger partial charge in [0.15, 0.2) is 0 Å². The summed E-state index contributed by atoms with van der Waals surface area (Å²) in [5.74, 6) is 0.617. The summed E-state index contributed by atoms with van der Waals surface area (Å²) in [4.78, 5) is 11.9. The molecule has 0 aliphatic carbocycles. The average molecular weight is 262 g/mol. The van der Waals surface area contributed by atoms with Gasteiger partial charge in [-0.3, -0.25) is 4.79 Å². The van der Waals surface area contributed by atoms with Crippen molar-refractivity contribution in [3.05, 3.63) is 35.4 Å². The first kappa shape index (κ1) is 15.7. The molecule has 0 aliphatic heterocycles. The fraction of sp³-hybridized carbons (Fsp3) is 0.562. The lowest BCUT2D eigenvalue weighted by atomic mass is 9.81. The highest BCUT2D eigenvalue weighted by molar-refractivity contribution is 5.78. The smallest absolute Gasteiger partial charge is 0.224 e. The minimum atomic E-state index is 0.0780. The molecule has 0 bridgehead atoms. The van der Waals surface area contributed by atoms with Gasteiger partial charge >= 0.3 is 0 Å². The average Bonchev–Trinajstić information content (AvgIpc) is 2.37. The maximum atomic E-state index is 11.9. The highest BCUT2D eigenvalue weighted by atomic mass is 16.1. The molecule has 0 aliphatic rings. The van der Waals surface area contributed by atoms with E-state index in [4.69, 9.17) is 5.73 Å². The molecule has 1 aromatic carbocycles. The largest absolute Gasteiger partial charge is 0.355 e. The third-order valence-corrected chi connectivity index (χ3v) is 3.93. The number of hydrogen-bond acceptors (Lipinski definition) is 2. The minimum absolute atomic E-state index is 0.0780. The Morgan fingerprint density at radius 1 is 1.21 bits per heavy atom. The second-order valence-electron chi connectivity index (χ2n) is 6.12. The molecular weight excluding hydrogens is 236 g/mol. The predicted molar refractivity (Wildman–Crippen MR) is 79.7 cm³/mol. The van der Waals surface area contributed by atoms with Crippen LogP contribution in [0.2, 0.25) is 0 Å². The normalized spacial score (nSPS) is 11.7. The van der Waals surface area contributed by atoms with Crippen LogP contribution in [0.15, 0.2) is 24.3 Å². The van der Waals surface area contributed by atoms with Gasteiger partial charge in [-0.1, -0.05) is 52.0 Å². The van der Waals surface area contributed by atoms with E-state index in [0.717, 1.165) is 11.1 Å². The van der Waals surface area contributed by atoms with Gasteiger partial charge in [-0.2, -0.15) is 0 Å². The number of nitrogens with one attached hydrogen (secondary N) is 1. The van der Waals surface area contributed by atoms with Crippen LogP contribution in [-0.4, -0.2) is 12.5 Å². The first-order chi connectivity index (χ1) is 8.85. The molecular formula is C16H26N2O. The Labute approximate surface area is 116 Å². The van der Waals surface area contributed by atoms with Gasteiger partial charge in [0.2, 0.25) is 5.91 Å². The molecule has 1 amide bonds. The van der Waals surface area contributed by atoms with Crippen molar-refractivity contribution in [2.45, 2.75) is 40.7 Å². The summed E-state index contributed by atoms with van der Waals surface area (Å²) in [7, 11) is 0. The van der Waals surface area contributed by atoms with Crippen molar-refractivity contribution < 1.29 is 4.79 Å². The maximum absolute atomic E-state index is 11.9. The monoisotopic (exact) mass is 262 g/mol. The summed E-state index contributed by atoms with van der Waals surface area (Å²) < 4.78 is 0. The van der Waals surface area contributed by atoms with Crippen LogP contribution >= 0.6 is 0 Å². The van der Waals surface area contributed by atoms with Gasteiger partial charge in [0.25, 0.3) is 0 Å². The summed E-state index contributed by atoms with van der Waals surface area (Å²) in [5.41, 5.74) is 7.78. The SMILES string of the molecule is CC(C)C(C)(C)CNC(=O)Cc1ccc(CN)cc1. The van der Waals surface area contributed by atoms with E-state index >= 15 is 0 Å². The molecule has 3 nitrogen and oxygen atoms in total. The molecule has 0 unspecified atom stereocenters. The van der Waals surface area contributed by atoms with Crippen molar-refractivity contribution in [2.75, 3.05) is 6.54 Å². The van der Waals surface area contributed by atoms with E-state index in [1.54, 1.807) is 0 Å². The summed E-state index contributed by atoms with van der Waals surface area (Å²) in [6.45, 7) is 9.96. The van der Waals surface area contributed by atoms with Crippen LogP contribution in [0.1, 0.15) is 38.8 Å². The Balaban J connectivity index is 2.47. The van der Waals surface area contributed by atoms with E-state index in [1.165, 1.54) is 0 Å². The van der Waals surface area contributed by atoms with Crippen molar-refractivity contribution in [1.82, 2.24) is 5.32 Å². The molecule has 0 fully saturated rings. The molecule has 0 radical (unpaired) electrons. The van der Waals surface area contributed by atoms with Crippen molar-refractivity contribution in [3.8, 4) is 0 Å². The summed E-state index contributed by atoms with van der Waals surface area (Å²) in [6, 6.07) is 7.88. The molecule has 0 atom stereocenters. The van der Waals surface area contributed by atoms with Gasteiger partial charge in [0.1, 0.15) is 0 Å². The Bertz CT molecular complexity index is 407. The topological polar surface area (TPSA) is 55.1 Å². The standard InChI is InChI=1S/C16H26N2O/c1-12(2)16(3,4)11-18-15(19)9-13-5-7-14(10-17)8-6-13/h5-8,12H,9-11,17H2,1-4H3,(H,18,19). The molecule has 106 valence electrons. The number of amides is 1. The van der Waals surface area contributed by atoms with Crippen molar-refractivity contribution in [1.29, 1.82) is 0 Å². The van der Waals surface area contributed by atoms with Gasteiger partial charge < -0.3 is 11.1 Å². The summed E-state index contributed by atoms with van der Waals surface area (Å²) in [5, 5.41) is 3.02. The van der Waals surface area contributed by atoms with Crippen LogP contribution in [0.25, 0.3) is 0 Å². The maximum Gasteiger partial charge on any atom is 0.224 e. The molecule has 0 spiro atoms. The third-order valence-electron chi connectivity index (χ3n) is 3.93. The first-order valence-corrected chi connectivity index (χ1v) is 6.89. The lowest BCUT2D eigenvalue weighted by Crippen LogP contribution is -2.37. The quantitative estimate of drug-likeness (QED) is 0.827. The molecule has 0 saturated carbocycles. The second-order valence-corrected chi connectivity index (χ2v) is 6.12. The number of carbonyl (C=O) groups excluding carboxylic acids is 1. The van der Waals surface area contributed by atoms with Crippen molar-refractivity contribution >= 4 is 5.91 Å². The van der Waals surface area contributed by atoms with Crippen LogP contribution < -0.4 is 11.1 Å². The lowest BCUT2D eigenvalue weighted by Gasteiger charge is -2.29. The van der Waals surface area contributed by atoms with Crippen LogP contribution in [0.4, 0.5) is 0 Å². The van der Waals surface area contributed by atoms with E-state index in [9.17, 15) is 4.79 Å². The van der Waals surface area contributed by atoms with Gasteiger partial charge in [-0.15, -0.1) is 0 Å². The third kappa shape index (κ3) is 5.03. The van der Waals surface area contributed by atoms with Crippen LogP contribution in [0.3, 0.4) is 0 Å². The highest BCUT2D eigenvalue weighted by Crippen LogP contribution is 2.24. The number of rotatable bonds is 6. The lowest BCUT2D eigenvalue weighted by molar-refractivity contribution is -0.121. The zero-order valence-corrected chi connectivity index (χ0v) is 12.5. The molecule has 1 rings (SSSR count). The van der Waals surface area contributed by atoms with E-state index in [2.05, 4.69) is 33.0 Å².